The number of pyridine rings is 1. The Morgan fingerprint density at radius 1 is 1.22 bits per heavy atom. The fourth-order valence-corrected chi connectivity index (χ4v) is 2.02. The van der Waals surface area contributed by atoms with Gasteiger partial charge in [0.1, 0.15) is 11.3 Å². The number of ether oxygens (including phenoxy) is 2. The molecule has 0 aliphatic heterocycles. The third-order valence-electron chi connectivity index (χ3n) is 3.16. The van der Waals surface area contributed by atoms with Crippen LogP contribution in [0.3, 0.4) is 0 Å². The first-order valence-electron chi connectivity index (χ1n) is 6.86. The van der Waals surface area contributed by atoms with E-state index in [1.807, 2.05) is 0 Å². The Balaban J connectivity index is 2.06. The van der Waals surface area contributed by atoms with E-state index in [9.17, 15) is 13.6 Å². The number of alkyl halides is 2. The molecule has 1 unspecified atom stereocenters. The van der Waals surface area contributed by atoms with Crippen molar-refractivity contribution >= 4 is 5.91 Å². The maximum atomic E-state index is 12.3. The van der Waals surface area contributed by atoms with E-state index in [4.69, 9.17) is 4.74 Å². The number of carbonyl (C=O) groups excluding carboxylic acids is 1. The van der Waals surface area contributed by atoms with Gasteiger partial charge < -0.3 is 14.8 Å². The number of halogens is 2. The van der Waals surface area contributed by atoms with Gasteiger partial charge in [0.15, 0.2) is 0 Å². The van der Waals surface area contributed by atoms with E-state index in [1.165, 1.54) is 25.4 Å². The second-order valence-electron chi connectivity index (χ2n) is 4.70. The molecule has 1 atom stereocenters. The van der Waals surface area contributed by atoms with Crippen molar-refractivity contribution in [2.75, 3.05) is 7.11 Å². The number of carbonyl (C=O) groups is 1. The van der Waals surface area contributed by atoms with Crippen LogP contribution in [-0.4, -0.2) is 24.6 Å². The molecule has 7 heteroatoms. The van der Waals surface area contributed by atoms with Crippen molar-refractivity contribution in [2.24, 2.45) is 0 Å². The molecule has 1 amide bonds. The van der Waals surface area contributed by atoms with Gasteiger partial charge in [0.2, 0.25) is 5.88 Å². The molecule has 5 nitrogen and oxygen atoms in total. The van der Waals surface area contributed by atoms with Crippen LogP contribution in [0.25, 0.3) is 0 Å². The number of methoxy groups -OCH3 is 1. The minimum atomic E-state index is -2.86. The third kappa shape index (κ3) is 4.38. The van der Waals surface area contributed by atoms with Gasteiger partial charge in [0.25, 0.3) is 5.91 Å². The molecule has 0 saturated heterocycles. The maximum Gasteiger partial charge on any atom is 0.387 e. The first kappa shape index (κ1) is 16.7. The molecule has 0 aliphatic rings. The van der Waals surface area contributed by atoms with Crippen LogP contribution in [0.2, 0.25) is 0 Å². The van der Waals surface area contributed by atoms with Gasteiger partial charge >= 0.3 is 6.61 Å². The monoisotopic (exact) mass is 322 g/mol. The topological polar surface area (TPSA) is 60.5 Å². The van der Waals surface area contributed by atoms with E-state index >= 15 is 0 Å². The summed E-state index contributed by atoms with van der Waals surface area (Å²) in [7, 11) is 1.43. The lowest BCUT2D eigenvalue weighted by atomic mass is 10.1. The Kier molecular flexibility index (Phi) is 5.46. The van der Waals surface area contributed by atoms with E-state index in [0.717, 1.165) is 5.56 Å². The predicted molar refractivity (Wildman–Crippen MR) is 79.7 cm³/mol. The first-order chi connectivity index (χ1) is 11.0. The highest BCUT2D eigenvalue weighted by Gasteiger charge is 2.16. The van der Waals surface area contributed by atoms with Crippen molar-refractivity contribution in [1.82, 2.24) is 10.3 Å². The SMILES string of the molecule is COc1ncccc1C(=O)NC(C)c1ccc(OC(F)F)cc1. The highest BCUT2D eigenvalue weighted by Crippen LogP contribution is 2.20. The molecular formula is C16H16F2N2O3. The summed E-state index contributed by atoms with van der Waals surface area (Å²) < 4.78 is 33.6. The molecule has 0 radical (unpaired) electrons. The molecule has 2 rings (SSSR count). The van der Waals surface area contributed by atoms with Gasteiger partial charge in [-0.1, -0.05) is 12.1 Å². The summed E-state index contributed by atoms with van der Waals surface area (Å²) in [5.41, 5.74) is 1.07. The van der Waals surface area contributed by atoms with Crippen LogP contribution in [-0.2, 0) is 0 Å². The standard InChI is InChI=1S/C16H16F2N2O3/c1-10(11-5-7-12(8-6-11)23-16(17)18)20-14(21)13-4-3-9-19-15(13)22-2/h3-10,16H,1-2H3,(H,20,21). The fourth-order valence-electron chi connectivity index (χ4n) is 2.02. The van der Waals surface area contributed by atoms with Gasteiger partial charge in [-0.05, 0) is 36.8 Å². The lowest BCUT2D eigenvalue weighted by Gasteiger charge is -2.15. The van der Waals surface area contributed by atoms with Crippen LogP contribution in [0.5, 0.6) is 11.6 Å². The van der Waals surface area contributed by atoms with Crippen molar-refractivity contribution in [1.29, 1.82) is 0 Å². The summed E-state index contributed by atoms with van der Waals surface area (Å²) in [5, 5.41) is 2.80. The molecule has 1 aromatic heterocycles. The Morgan fingerprint density at radius 2 is 1.91 bits per heavy atom. The number of hydrogen-bond donors (Lipinski definition) is 1. The summed E-state index contributed by atoms with van der Waals surface area (Å²) in [5.74, 6) is -0.0376. The van der Waals surface area contributed by atoms with Crippen LogP contribution in [0.15, 0.2) is 42.6 Å². The van der Waals surface area contributed by atoms with Gasteiger partial charge in [0, 0.05) is 6.20 Å². The van der Waals surface area contributed by atoms with Crippen LogP contribution in [0.1, 0.15) is 28.9 Å². The largest absolute Gasteiger partial charge is 0.480 e. The Labute approximate surface area is 132 Å². The second-order valence-corrected chi connectivity index (χ2v) is 4.70. The Morgan fingerprint density at radius 3 is 2.52 bits per heavy atom. The third-order valence-corrected chi connectivity index (χ3v) is 3.16. The average Bonchev–Trinajstić information content (AvgIpc) is 2.54. The zero-order chi connectivity index (χ0) is 16.8. The molecule has 0 spiro atoms. The summed E-state index contributed by atoms with van der Waals surface area (Å²) in [6.07, 6.45) is 1.53. The summed E-state index contributed by atoms with van der Waals surface area (Å²) in [6.45, 7) is -1.08. The highest BCUT2D eigenvalue weighted by molar-refractivity contribution is 5.96. The van der Waals surface area contributed by atoms with Gasteiger partial charge in [-0.3, -0.25) is 4.79 Å². The van der Waals surface area contributed by atoms with E-state index in [1.54, 1.807) is 31.2 Å². The number of aromatic nitrogens is 1. The molecule has 0 aliphatic carbocycles. The normalized spacial score (nSPS) is 11.9. The number of hydrogen-bond acceptors (Lipinski definition) is 4. The van der Waals surface area contributed by atoms with Crippen LogP contribution < -0.4 is 14.8 Å². The maximum absolute atomic E-state index is 12.3. The van der Waals surface area contributed by atoms with Crippen molar-refractivity contribution < 1.29 is 23.0 Å². The summed E-state index contributed by atoms with van der Waals surface area (Å²) >= 11 is 0. The Bertz CT molecular complexity index is 663. The zero-order valence-electron chi connectivity index (χ0n) is 12.6. The molecule has 2 aromatic rings. The number of nitrogens with one attached hydrogen (secondary N) is 1. The number of benzene rings is 1. The Hall–Kier alpha value is -2.70. The summed E-state index contributed by atoms with van der Waals surface area (Å²) in [6, 6.07) is 9.00. The number of rotatable bonds is 6. The molecule has 1 aromatic carbocycles. The second kappa shape index (κ2) is 7.53. The molecule has 1 heterocycles. The summed E-state index contributed by atoms with van der Waals surface area (Å²) in [4.78, 5) is 16.2. The quantitative estimate of drug-likeness (QED) is 0.887. The van der Waals surface area contributed by atoms with Gasteiger partial charge in [0.05, 0.1) is 13.2 Å². The van der Waals surface area contributed by atoms with Gasteiger partial charge in [-0.25, -0.2) is 4.98 Å². The van der Waals surface area contributed by atoms with Gasteiger partial charge in [-0.2, -0.15) is 8.78 Å². The highest BCUT2D eigenvalue weighted by atomic mass is 19.3. The van der Waals surface area contributed by atoms with E-state index < -0.39 is 6.61 Å². The zero-order valence-corrected chi connectivity index (χ0v) is 12.6. The lowest BCUT2D eigenvalue weighted by Crippen LogP contribution is -2.27. The van der Waals surface area contributed by atoms with E-state index in [-0.39, 0.29) is 23.6 Å². The smallest absolute Gasteiger partial charge is 0.387 e. The van der Waals surface area contributed by atoms with Crippen LogP contribution in [0.4, 0.5) is 8.78 Å². The fraction of sp³-hybridized carbons (Fsp3) is 0.250. The van der Waals surface area contributed by atoms with Crippen molar-refractivity contribution in [3.05, 3.63) is 53.7 Å². The minimum absolute atomic E-state index is 0.0659. The van der Waals surface area contributed by atoms with Crippen molar-refractivity contribution in [3.63, 3.8) is 0 Å². The molecule has 0 saturated carbocycles. The average molecular weight is 322 g/mol. The molecule has 0 fully saturated rings. The molecule has 23 heavy (non-hydrogen) atoms. The minimum Gasteiger partial charge on any atom is -0.480 e. The number of nitrogens with zero attached hydrogens (tertiary/aromatic N) is 1. The number of amides is 1. The molecule has 0 bridgehead atoms. The van der Waals surface area contributed by atoms with Gasteiger partial charge in [-0.15, -0.1) is 0 Å². The van der Waals surface area contributed by atoms with Crippen LogP contribution in [0, 0.1) is 0 Å². The molecular weight excluding hydrogens is 306 g/mol. The van der Waals surface area contributed by atoms with Crippen molar-refractivity contribution in [3.8, 4) is 11.6 Å². The predicted octanol–water partition coefficient (Wildman–Crippen LogP) is 3.18. The van der Waals surface area contributed by atoms with Crippen molar-refractivity contribution in [2.45, 2.75) is 19.6 Å². The lowest BCUT2D eigenvalue weighted by molar-refractivity contribution is -0.0498. The molecule has 122 valence electrons. The molecule has 1 N–H and O–H groups in total. The van der Waals surface area contributed by atoms with Crippen LogP contribution >= 0.6 is 0 Å². The van der Waals surface area contributed by atoms with E-state index in [2.05, 4.69) is 15.0 Å². The first-order valence-corrected chi connectivity index (χ1v) is 6.86. The van der Waals surface area contributed by atoms with E-state index in [0.29, 0.717) is 5.56 Å².